The molecule has 1 fully saturated rings. The predicted molar refractivity (Wildman–Crippen MR) is 144 cm³/mol. The molecule has 2 unspecified atom stereocenters. The fraction of sp³-hybridized carbons (Fsp3) is 0.370. The van der Waals surface area contributed by atoms with Gasteiger partial charge in [0.2, 0.25) is 5.91 Å². The molecule has 1 saturated heterocycles. The molecule has 2 aromatic carbocycles. The minimum atomic E-state index is -3.25. The van der Waals surface area contributed by atoms with Gasteiger partial charge < -0.3 is 15.4 Å². The van der Waals surface area contributed by atoms with Crippen LogP contribution in [0.3, 0.4) is 0 Å². The number of nitrogens with zero attached hydrogens (tertiary/aromatic N) is 3. The van der Waals surface area contributed by atoms with Gasteiger partial charge in [-0.25, -0.2) is 9.78 Å². The van der Waals surface area contributed by atoms with Gasteiger partial charge in [0, 0.05) is 19.5 Å². The van der Waals surface area contributed by atoms with E-state index >= 15 is 0 Å². The van der Waals surface area contributed by atoms with Crippen LogP contribution in [-0.2, 0) is 14.3 Å². The van der Waals surface area contributed by atoms with Gasteiger partial charge in [-0.2, -0.15) is 8.78 Å². The molecule has 0 bridgehead atoms. The molecule has 1 aliphatic heterocycles. The summed E-state index contributed by atoms with van der Waals surface area (Å²) in [6, 6.07) is 11.5. The maximum Gasteiger partial charge on any atom is 0.411 e. The Kier molecular flexibility index (Phi) is 8.38. The van der Waals surface area contributed by atoms with Crippen LogP contribution in [0.5, 0.6) is 0 Å². The number of fused-ring (bicyclic) bond motifs is 1. The fourth-order valence-electron chi connectivity index (χ4n) is 4.58. The molecule has 0 radical (unpaired) electrons. The number of likely N-dealkylation sites (tertiary alicyclic amines) is 1. The van der Waals surface area contributed by atoms with Crippen molar-refractivity contribution in [1.82, 2.24) is 25.1 Å². The van der Waals surface area contributed by atoms with E-state index in [1.807, 2.05) is 0 Å². The molecule has 1 aliphatic rings. The van der Waals surface area contributed by atoms with Crippen LogP contribution in [0, 0.1) is 0 Å². The highest BCUT2D eigenvalue weighted by molar-refractivity contribution is 6.35. The minimum Gasteiger partial charge on any atom is -0.441 e. The van der Waals surface area contributed by atoms with Gasteiger partial charge in [0.15, 0.2) is 0 Å². The Bertz CT molecular complexity index is 1500. The monoisotopic (exact) mass is 575 g/mol. The molecule has 2 N–H and O–H groups in total. The lowest BCUT2D eigenvalue weighted by molar-refractivity contribution is -0.132. The van der Waals surface area contributed by atoms with Crippen molar-refractivity contribution in [1.29, 1.82) is 0 Å². The average molecular weight is 576 g/mol. The number of carbonyl (C=O) groups is 3. The van der Waals surface area contributed by atoms with Crippen LogP contribution in [0.4, 0.5) is 13.6 Å². The Morgan fingerprint density at radius 3 is 2.50 bits per heavy atom. The van der Waals surface area contributed by atoms with E-state index < -0.39 is 41.7 Å². The topological polar surface area (TPSA) is 123 Å². The summed E-state index contributed by atoms with van der Waals surface area (Å²) in [6.45, 7) is 4.34. The molecule has 13 heteroatoms. The Morgan fingerprint density at radius 1 is 1.15 bits per heavy atom. The van der Waals surface area contributed by atoms with E-state index in [1.54, 1.807) is 62.4 Å². The molecular formula is C27H28ClF2N5O5. The van der Waals surface area contributed by atoms with Crippen molar-refractivity contribution < 1.29 is 27.9 Å². The van der Waals surface area contributed by atoms with Crippen LogP contribution in [0.2, 0.25) is 5.02 Å². The van der Waals surface area contributed by atoms with Crippen molar-refractivity contribution in [3.05, 3.63) is 69.7 Å². The summed E-state index contributed by atoms with van der Waals surface area (Å²) in [7, 11) is 0. The van der Waals surface area contributed by atoms with Gasteiger partial charge in [0.05, 0.1) is 34.2 Å². The molecule has 2 heterocycles. The second-order valence-corrected chi connectivity index (χ2v) is 10.4. The first-order valence-electron chi connectivity index (χ1n) is 12.5. The first-order valence-corrected chi connectivity index (χ1v) is 12.8. The highest BCUT2D eigenvalue weighted by Crippen LogP contribution is 2.34. The first kappa shape index (κ1) is 28.9. The van der Waals surface area contributed by atoms with E-state index in [0.717, 1.165) is 0 Å². The number of para-hydroxylation sites is 1. The first-order chi connectivity index (χ1) is 18.9. The molecule has 10 nitrogen and oxygen atoms in total. The van der Waals surface area contributed by atoms with Gasteiger partial charge in [-0.1, -0.05) is 35.9 Å². The third-order valence-electron chi connectivity index (χ3n) is 6.39. The van der Waals surface area contributed by atoms with Crippen LogP contribution < -0.4 is 16.2 Å². The van der Waals surface area contributed by atoms with Gasteiger partial charge in [-0.05, 0) is 44.5 Å². The van der Waals surface area contributed by atoms with Gasteiger partial charge in [-0.3, -0.25) is 23.9 Å². The number of hydrogen-bond acceptors (Lipinski definition) is 6. The lowest BCUT2D eigenvalue weighted by atomic mass is 10.1. The standard InChI is InChI=1S/C27H28ClF2N5O5/c1-15(36)31-14-27(2,3)40-26(39)34-13-16(32-24(37)22(29)30)12-20(34)23-33-19-11-7-10-18(28)21(19)25(38)35(23)17-8-5-4-6-9-17/h4-11,16,20,22H,12-14H2,1-3H3,(H,31,36)(H,32,37). The second kappa shape index (κ2) is 11.6. The molecule has 40 heavy (non-hydrogen) atoms. The summed E-state index contributed by atoms with van der Waals surface area (Å²) in [4.78, 5) is 56.5. The van der Waals surface area contributed by atoms with E-state index in [0.29, 0.717) is 5.69 Å². The predicted octanol–water partition coefficient (Wildman–Crippen LogP) is 3.59. The highest BCUT2D eigenvalue weighted by atomic mass is 35.5. The minimum absolute atomic E-state index is 0.0135. The molecular weight excluding hydrogens is 548 g/mol. The molecule has 0 spiro atoms. The summed E-state index contributed by atoms with van der Waals surface area (Å²) < 4.78 is 33.1. The van der Waals surface area contributed by atoms with Gasteiger partial charge in [0.1, 0.15) is 11.4 Å². The number of carbonyl (C=O) groups excluding carboxylic acids is 3. The van der Waals surface area contributed by atoms with Crippen molar-refractivity contribution in [2.24, 2.45) is 0 Å². The lowest BCUT2D eigenvalue weighted by Crippen LogP contribution is -2.46. The van der Waals surface area contributed by atoms with Crippen LogP contribution in [0.15, 0.2) is 53.3 Å². The average Bonchev–Trinajstić information content (AvgIpc) is 3.31. The van der Waals surface area contributed by atoms with Crippen molar-refractivity contribution in [2.75, 3.05) is 13.1 Å². The summed E-state index contributed by atoms with van der Waals surface area (Å²) in [5.41, 5.74) is -0.910. The molecule has 1 aromatic heterocycles. The van der Waals surface area contributed by atoms with Crippen molar-refractivity contribution in [2.45, 2.75) is 51.3 Å². The van der Waals surface area contributed by atoms with E-state index in [-0.39, 0.29) is 47.2 Å². The van der Waals surface area contributed by atoms with E-state index in [1.165, 1.54) is 16.4 Å². The third-order valence-corrected chi connectivity index (χ3v) is 6.71. The Hall–Kier alpha value is -4.06. The number of rotatable bonds is 7. The van der Waals surface area contributed by atoms with Crippen LogP contribution in [0.25, 0.3) is 16.6 Å². The Balaban J connectivity index is 1.83. The smallest absolute Gasteiger partial charge is 0.411 e. The SMILES string of the molecule is CC(=O)NCC(C)(C)OC(=O)N1CC(NC(=O)C(F)F)CC1c1nc2cccc(Cl)c2c(=O)n1-c1ccccc1. The molecule has 3 amide bonds. The summed E-state index contributed by atoms with van der Waals surface area (Å²) >= 11 is 6.36. The van der Waals surface area contributed by atoms with E-state index in [2.05, 4.69) is 10.6 Å². The maximum absolute atomic E-state index is 13.8. The molecule has 3 aromatic rings. The number of hydrogen-bond donors (Lipinski definition) is 2. The summed E-state index contributed by atoms with van der Waals surface area (Å²) in [6.07, 6.45) is -4.11. The number of aromatic nitrogens is 2. The maximum atomic E-state index is 13.8. The normalized spacial score (nSPS) is 17.2. The quantitative estimate of drug-likeness (QED) is 0.444. The zero-order valence-corrected chi connectivity index (χ0v) is 22.7. The Labute approximate surface area is 233 Å². The number of nitrogens with one attached hydrogen (secondary N) is 2. The number of alkyl halides is 2. The summed E-state index contributed by atoms with van der Waals surface area (Å²) in [5, 5.41) is 5.20. The van der Waals surface area contributed by atoms with Gasteiger partial charge in [0.25, 0.3) is 11.5 Å². The zero-order valence-electron chi connectivity index (χ0n) is 22.0. The molecule has 2 atom stereocenters. The number of benzene rings is 2. The lowest BCUT2D eigenvalue weighted by Gasteiger charge is -2.31. The van der Waals surface area contributed by atoms with E-state index in [4.69, 9.17) is 21.3 Å². The number of halogens is 3. The fourth-order valence-corrected chi connectivity index (χ4v) is 4.83. The zero-order chi connectivity index (χ0) is 29.2. The van der Waals surface area contributed by atoms with Crippen molar-refractivity contribution in [3.8, 4) is 5.69 Å². The number of amides is 3. The largest absolute Gasteiger partial charge is 0.441 e. The van der Waals surface area contributed by atoms with Gasteiger partial charge >= 0.3 is 12.5 Å². The molecule has 4 rings (SSSR count). The van der Waals surface area contributed by atoms with Crippen molar-refractivity contribution >= 4 is 40.4 Å². The number of ether oxygens (including phenoxy) is 1. The molecule has 0 aliphatic carbocycles. The molecule has 0 saturated carbocycles. The third kappa shape index (κ3) is 6.22. The highest BCUT2D eigenvalue weighted by Gasteiger charge is 2.42. The van der Waals surface area contributed by atoms with Crippen molar-refractivity contribution in [3.63, 3.8) is 0 Å². The van der Waals surface area contributed by atoms with Gasteiger partial charge in [-0.15, -0.1) is 0 Å². The second-order valence-electron chi connectivity index (χ2n) is 10.0. The Morgan fingerprint density at radius 2 is 1.85 bits per heavy atom. The van der Waals surface area contributed by atoms with Crippen LogP contribution in [0.1, 0.15) is 39.1 Å². The molecule has 212 valence electrons. The van der Waals surface area contributed by atoms with Crippen LogP contribution in [-0.4, -0.2) is 63.5 Å². The van der Waals surface area contributed by atoms with E-state index in [9.17, 15) is 28.0 Å². The van der Waals surface area contributed by atoms with Crippen LogP contribution >= 0.6 is 11.6 Å². The summed E-state index contributed by atoms with van der Waals surface area (Å²) in [5.74, 6) is -1.66.